The molecule has 0 aliphatic carbocycles. The largest absolute Gasteiger partial charge is 0.318 e. The molecule has 4 heteroatoms. The maximum absolute atomic E-state index is 4.25. The molecule has 0 radical (unpaired) electrons. The van der Waals surface area contributed by atoms with Crippen molar-refractivity contribution in [2.75, 3.05) is 4.90 Å². The molecule has 0 saturated heterocycles. The highest BCUT2D eigenvalue weighted by Gasteiger charge is 2.34. The number of hydrogen-bond donors (Lipinski definition) is 0. The zero-order valence-corrected chi connectivity index (χ0v) is 12.8. The van der Waals surface area contributed by atoms with Gasteiger partial charge in [-0.15, -0.1) is 0 Å². The van der Waals surface area contributed by atoms with Gasteiger partial charge in [0.1, 0.15) is 6.17 Å². The lowest BCUT2D eigenvalue weighted by atomic mass is 9.98. The molecule has 0 amide bonds. The smallest absolute Gasteiger partial charge is 0.112 e. The summed E-state index contributed by atoms with van der Waals surface area (Å²) in [6.45, 7) is 0. The molecule has 0 saturated carbocycles. The molecule has 0 bridgehead atoms. The fraction of sp³-hybridized carbons (Fsp3) is 0.167. The maximum atomic E-state index is 4.25. The number of imidazole rings is 1. The lowest BCUT2D eigenvalue weighted by Gasteiger charge is -2.43. The standard InChI is InChI=1S/C18H15N3S/c1-2-6-15-14(5-1)21-17(20-11-10-19-12-20)9-8-13-4-3-7-16(22-15)18(13)21/h1-7,10-12,17H,8-9H2. The summed E-state index contributed by atoms with van der Waals surface area (Å²) in [5.74, 6) is 0. The minimum Gasteiger partial charge on any atom is -0.318 e. The Balaban J connectivity index is 1.77. The number of aromatic nitrogens is 2. The van der Waals surface area contributed by atoms with Crippen molar-refractivity contribution in [3.05, 3.63) is 66.7 Å². The van der Waals surface area contributed by atoms with E-state index >= 15 is 0 Å². The van der Waals surface area contributed by atoms with Crippen molar-refractivity contribution in [2.24, 2.45) is 0 Å². The quantitative estimate of drug-likeness (QED) is 0.654. The summed E-state index contributed by atoms with van der Waals surface area (Å²) < 4.78 is 2.23. The Morgan fingerprint density at radius 3 is 2.86 bits per heavy atom. The van der Waals surface area contributed by atoms with E-state index in [4.69, 9.17) is 0 Å². The zero-order valence-electron chi connectivity index (χ0n) is 12.0. The van der Waals surface area contributed by atoms with E-state index in [2.05, 4.69) is 63.1 Å². The minimum absolute atomic E-state index is 0.304. The second kappa shape index (κ2) is 4.65. The summed E-state index contributed by atoms with van der Waals surface area (Å²) in [6, 6.07) is 15.4. The number of benzene rings is 2. The molecule has 3 heterocycles. The van der Waals surface area contributed by atoms with E-state index in [1.807, 2.05) is 24.3 Å². The molecule has 1 unspecified atom stereocenters. The predicted molar refractivity (Wildman–Crippen MR) is 88.7 cm³/mol. The van der Waals surface area contributed by atoms with Gasteiger partial charge in [0.2, 0.25) is 0 Å². The van der Waals surface area contributed by atoms with Crippen LogP contribution in [0.15, 0.2) is 71.0 Å². The first-order chi connectivity index (χ1) is 10.9. The Labute approximate surface area is 133 Å². The molecule has 22 heavy (non-hydrogen) atoms. The van der Waals surface area contributed by atoms with Crippen LogP contribution in [0.3, 0.4) is 0 Å². The topological polar surface area (TPSA) is 21.1 Å². The summed E-state index contributed by atoms with van der Waals surface area (Å²) >= 11 is 1.88. The lowest BCUT2D eigenvalue weighted by molar-refractivity contribution is 0.451. The normalized spacial score (nSPS) is 18.7. The van der Waals surface area contributed by atoms with Gasteiger partial charge in [-0.3, -0.25) is 0 Å². The molecule has 5 rings (SSSR count). The van der Waals surface area contributed by atoms with Crippen LogP contribution in [0.2, 0.25) is 0 Å². The molecule has 1 aromatic heterocycles. The summed E-state index contributed by atoms with van der Waals surface area (Å²) in [5.41, 5.74) is 4.15. The van der Waals surface area contributed by atoms with E-state index in [-0.39, 0.29) is 0 Å². The Morgan fingerprint density at radius 2 is 1.95 bits per heavy atom. The minimum atomic E-state index is 0.304. The average molecular weight is 305 g/mol. The third-order valence-electron chi connectivity index (χ3n) is 4.51. The van der Waals surface area contributed by atoms with Crippen LogP contribution in [0.5, 0.6) is 0 Å². The molecule has 0 fully saturated rings. The van der Waals surface area contributed by atoms with Gasteiger partial charge in [0, 0.05) is 22.2 Å². The fourth-order valence-corrected chi connectivity index (χ4v) is 4.69. The van der Waals surface area contributed by atoms with E-state index in [0.29, 0.717) is 6.17 Å². The van der Waals surface area contributed by atoms with Crippen molar-refractivity contribution in [3.8, 4) is 0 Å². The molecular weight excluding hydrogens is 290 g/mol. The molecular formula is C18H15N3S. The van der Waals surface area contributed by atoms with E-state index in [1.165, 1.54) is 26.7 Å². The molecule has 0 N–H and O–H groups in total. The van der Waals surface area contributed by atoms with Crippen molar-refractivity contribution >= 4 is 23.1 Å². The van der Waals surface area contributed by atoms with Gasteiger partial charge in [0.25, 0.3) is 0 Å². The van der Waals surface area contributed by atoms with Crippen molar-refractivity contribution in [2.45, 2.75) is 28.8 Å². The molecule has 2 aliphatic heterocycles. The average Bonchev–Trinajstić information content (AvgIpc) is 3.09. The van der Waals surface area contributed by atoms with Crippen LogP contribution in [0, 0.1) is 0 Å². The summed E-state index contributed by atoms with van der Waals surface area (Å²) in [7, 11) is 0. The fourth-order valence-electron chi connectivity index (χ4n) is 3.56. The molecule has 3 aromatic rings. The van der Waals surface area contributed by atoms with Gasteiger partial charge in [-0.1, -0.05) is 36.0 Å². The van der Waals surface area contributed by atoms with Crippen molar-refractivity contribution in [3.63, 3.8) is 0 Å². The van der Waals surface area contributed by atoms with Gasteiger partial charge >= 0.3 is 0 Å². The first-order valence-electron chi connectivity index (χ1n) is 7.57. The van der Waals surface area contributed by atoms with E-state index in [1.54, 1.807) is 0 Å². The molecule has 2 aromatic carbocycles. The number of hydrogen-bond acceptors (Lipinski definition) is 3. The Bertz CT molecular complexity index is 841. The Kier molecular flexibility index (Phi) is 2.61. The second-order valence-electron chi connectivity index (χ2n) is 5.73. The third-order valence-corrected chi connectivity index (χ3v) is 5.62. The van der Waals surface area contributed by atoms with E-state index in [0.717, 1.165) is 12.8 Å². The van der Waals surface area contributed by atoms with Gasteiger partial charge in [-0.25, -0.2) is 4.98 Å². The second-order valence-corrected chi connectivity index (χ2v) is 6.82. The molecule has 1 atom stereocenters. The summed E-state index contributed by atoms with van der Waals surface area (Å²) in [4.78, 5) is 9.45. The van der Waals surface area contributed by atoms with Gasteiger partial charge < -0.3 is 9.47 Å². The van der Waals surface area contributed by atoms with Gasteiger partial charge in [-0.05, 0) is 36.6 Å². The van der Waals surface area contributed by atoms with E-state index < -0.39 is 0 Å². The van der Waals surface area contributed by atoms with Crippen molar-refractivity contribution < 1.29 is 0 Å². The number of anilines is 2. The number of fused-ring (bicyclic) bond motifs is 2. The highest BCUT2D eigenvalue weighted by Crippen LogP contribution is 2.54. The Hall–Kier alpha value is -2.20. The number of rotatable bonds is 1. The van der Waals surface area contributed by atoms with Crippen LogP contribution in [0.1, 0.15) is 18.2 Å². The van der Waals surface area contributed by atoms with Crippen LogP contribution in [0.4, 0.5) is 11.4 Å². The monoisotopic (exact) mass is 305 g/mol. The van der Waals surface area contributed by atoms with Crippen molar-refractivity contribution in [1.82, 2.24) is 9.55 Å². The predicted octanol–water partition coefficient (Wildman–Crippen LogP) is 4.63. The zero-order chi connectivity index (χ0) is 14.5. The maximum Gasteiger partial charge on any atom is 0.112 e. The van der Waals surface area contributed by atoms with Gasteiger partial charge in [0.15, 0.2) is 0 Å². The van der Waals surface area contributed by atoms with Gasteiger partial charge in [-0.2, -0.15) is 0 Å². The number of aryl methyl sites for hydroxylation is 1. The number of nitrogens with zero attached hydrogens (tertiary/aromatic N) is 3. The van der Waals surface area contributed by atoms with Crippen LogP contribution >= 0.6 is 11.8 Å². The molecule has 2 aliphatic rings. The Morgan fingerprint density at radius 1 is 1.05 bits per heavy atom. The van der Waals surface area contributed by atoms with Gasteiger partial charge in [0.05, 0.1) is 17.7 Å². The van der Waals surface area contributed by atoms with E-state index in [9.17, 15) is 0 Å². The molecule has 3 nitrogen and oxygen atoms in total. The highest BCUT2D eigenvalue weighted by molar-refractivity contribution is 7.99. The molecule has 0 spiro atoms. The first kappa shape index (κ1) is 12.4. The van der Waals surface area contributed by atoms with Crippen LogP contribution in [-0.2, 0) is 6.42 Å². The summed E-state index contributed by atoms with van der Waals surface area (Å²) in [6.07, 6.45) is 8.40. The third kappa shape index (κ3) is 1.67. The summed E-state index contributed by atoms with van der Waals surface area (Å²) in [5, 5.41) is 0. The van der Waals surface area contributed by atoms with Crippen LogP contribution in [0.25, 0.3) is 0 Å². The lowest BCUT2D eigenvalue weighted by Crippen LogP contribution is -2.34. The molecule has 108 valence electrons. The van der Waals surface area contributed by atoms with Crippen molar-refractivity contribution in [1.29, 1.82) is 0 Å². The highest BCUT2D eigenvalue weighted by atomic mass is 32.2. The number of para-hydroxylation sites is 2. The van der Waals surface area contributed by atoms with Crippen LogP contribution in [-0.4, -0.2) is 9.55 Å². The van der Waals surface area contributed by atoms with Crippen LogP contribution < -0.4 is 4.90 Å². The first-order valence-corrected chi connectivity index (χ1v) is 8.39. The SMILES string of the molecule is c1ccc2c(c1)Sc1cccc3c1N2C(n1ccnc1)CC3.